The predicted molar refractivity (Wildman–Crippen MR) is 88.5 cm³/mol. The molecule has 2 N–H and O–H groups in total. The highest BCUT2D eigenvalue weighted by Gasteiger charge is 2.29. The first kappa shape index (κ1) is 20.3. The van der Waals surface area contributed by atoms with Crippen LogP contribution >= 0.6 is 0 Å². The summed E-state index contributed by atoms with van der Waals surface area (Å²) in [4.78, 5) is 28.1. The van der Waals surface area contributed by atoms with Gasteiger partial charge in [-0.1, -0.05) is 6.07 Å². The monoisotopic (exact) mass is 385 g/mol. The largest absolute Gasteiger partial charge is 0.478 e. The van der Waals surface area contributed by atoms with Crippen molar-refractivity contribution in [2.24, 2.45) is 0 Å². The van der Waals surface area contributed by atoms with Crippen molar-refractivity contribution in [3.63, 3.8) is 0 Å². The highest BCUT2D eigenvalue weighted by Crippen LogP contribution is 2.27. The molecule has 1 aromatic heterocycles. The van der Waals surface area contributed by atoms with Crippen molar-refractivity contribution in [3.8, 4) is 5.88 Å². The first-order chi connectivity index (χ1) is 12.6. The number of hydrogen-bond donors (Lipinski definition) is 2. The highest BCUT2D eigenvalue weighted by atomic mass is 19.4. The summed E-state index contributed by atoms with van der Waals surface area (Å²) >= 11 is 0. The van der Waals surface area contributed by atoms with Crippen molar-refractivity contribution in [1.82, 2.24) is 15.2 Å². The van der Waals surface area contributed by atoms with Crippen LogP contribution in [0.5, 0.6) is 5.88 Å². The molecule has 10 heteroatoms. The fourth-order valence-electron chi connectivity index (χ4n) is 2.46. The molecule has 0 fully saturated rings. The van der Waals surface area contributed by atoms with Crippen LogP contribution in [0.4, 0.5) is 13.2 Å². The van der Waals surface area contributed by atoms with Crippen molar-refractivity contribution >= 4 is 11.9 Å². The Kier molecular flexibility index (Phi) is 6.09. The Morgan fingerprint density at radius 3 is 2.63 bits per heavy atom. The van der Waals surface area contributed by atoms with Gasteiger partial charge in [-0.05, 0) is 24.6 Å². The number of rotatable bonds is 6. The molecule has 2 unspecified atom stereocenters. The van der Waals surface area contributed by atoms with E-state index in [1.54, 1.807) is 17.9 Å². The lowest BCUT2D eigenvalue weighted by Gasteiger charge is -2.36. The quantitative estimate of drug-likeness (QED) is 0.781. The molecule has 1 aliphatic heterocycles. The number of carboxylic acid groups (broad SMARTS) is 1. The maximum Gasteiger partial charge on any atom is 0.422 e. The third-order valence-electron chi connectivity index (χ3n) is 3.76. The second-order valence-electron chi connectivity index (χ2n) is 5.85. The van der Waals surface area contributed by atoms with Gasteiger partial charge < -0.3 is 20.1 Å². The van der Waals surface area contributed by atoms with Gasteiger partial charge in [-0.25, -0.2) is 9.78 Å². The van der Waals surface area contributed by atoms with Crippen LogP contribution < -0.4 is 10.1 Å². The maximum atomic E-state index is 12.2. The minimum Gasteiger partial charge on any atom is -0.478 e. The normalized spacial score (nSPS) is 17.9. The first-order valence-corrected chi connectivity index (χ1v) is 7.90. The molecule has 0 aliphatic carbocycles. The van der Waals surface area contributed by atoms with E-state index in [1.165, 1.54) is 37.5 Å². The number of alkyl halides is 3. The van der Waals surface area contributed by atoms with Crippen LogP contribution in [0.15, 0.2) is 42.3 Å². The number of aromatic nitrogens is 1. The summed E-state index contributed by atoms with van der Waals surface area (Å²) in [6.45, 7) is 1.66. The number of carboxylic acids is 1. The molecule has 0 saturated heterocycles. The van der Waals surface area contributed by atoms with Crippen LogP contribution in [-0.4, -0.2) is 45.8 Å². The van der Waals surface area contributed by atoms with Crippen molar-refractivity contribution in [2.45, 2.75) is 32.2 Å². The maximum absolute atomic E-state index is 12.2. The van der Waals surface area contributed by atoms with E-state index in [-0.39, 0.29) is 23.4 Å². The topological polar surface area (TPSA) is 91.8 Å². The molecule has 146 valence electrons. The third kappa shape index (κ3) is 5.73. The fraction of sp³-hybridized carbons (Fsp3) is 0.353. The van der Waals surface area contributed by atoms with E-state index in [0.29, 0.717) is 5.56 Å². The Labute approximate surface area is 153 Å². The number of hydrogen-bond acceptors (Lipinski definition) is 5. The second kappa shape index (κ2) is 8.11. The van der Waals surface area contributed by atoms with Crippen LogP contribution in [0, 0.1) is 0 Å². The molecular formula is C17H18F3N3O4. The Bertz CT molecular complexity index is 760. The molecule has 1 amide bonds. The Balaban J connectivity index is 2.15. The summed E-state index contributed by atoms with van der Waals surface area (Å²) in [6, 6.07) is 2.52. The number of halogens is 3. The van der Waals surface area contributed by atoms with E-state index < -0.39 is 24.9 Å². The number of carbonyl (C=O) groups excluding carboxylic acids is 1. The lowest BCUT2D eigenvalue weighted by molar-refractivity contribution is -0.154. The molecule has 0 spiro atoms. The van der Waals surface area contributed by atoms with Crippen molar-refractivity contribution in [3.05, 3.63) is 47.8 Å². The van der Waals surface area contributed by atoms with Crippen LogP contribution in [0.1, 0.15) is 25.5 Å². The van der Waals surface area contributed by atoms with Crippen LogP contribution in [0.3, 0.4) is 0 Å². The molecule has 27 heavy (non-hydrogen) atoms. The molecular weight excluding hydrogens is 367 g/mol. The Morgan fingerprint density at radius 2 is 2.11 bits per heavy atom. The summed E-state index contributed by atoms with van der Waals surface area (Å²) in [5.41, 5.74) is 0.674. The highest BCUT2D eigenvalue weighted by molar-refractivity contribution is 5.90. The van der Waals surface area contributed by atoms with Gasteiger partial charge in [0.15, 0.2) is 6.61 Å². The summed E-state index contributed by atoms with van der Waals surface area (Å²) < 4.78 is 41.1. The van der Waals surface area contributed by atoms with Crippen LogP contribution in [0.2, 0.25) is 0 Å². The average molecular weight is 385 g/mol. The third-order valence-corrected chi connectivity index (χ3v) is 3.76. The molecule has 0 radical (unpaired) electrons. The lowest BCUT2D eigenvalue weighted by atomic mass is 10.1. The molecule has 1 aromatic rings. The number of ether oxygens (including phenoxy) is 1. The molecule has 0 saturated carbocycles. The molecule has 7 nitrogen and oxygen atoms in total. The zero-order chi connectivity index (χ0) is 20.2. The van der Waals surface area contributed by atoms with Crippen LogP contribution in [0.25, 0.3) is 0 Å². The fourth-order valence-corrected chi connectivity index (χ4v) is 2.46. The zero-order valence-corrected chi connectivity index (χ0v) is 14.5. The smallest absolute Gasteiger partial charge is 0.422 e. The number of pyridine rings is 1. The van der Waals surface area contributed by atoms with E-state index in [4.69, 9.17) is 5.11 Å². The number of nitrogens with zero attached hydrogens (tertiary/aromatic N) is 2. The van der Waals surface area contributed by atoms with Gasteiger partial charge in [0.2, 0.25) is 11.8 Å². The number of nitrogens with one attached hydrogen (secondary N) is 1. The minimum atomic E-state index is -4.45. The van der Waals surface area contributed by atoms with E-state index in [9.17, 15) is 22.8 Å². The number of carbonyl (C=O) groups is 2. The summed E-state index contributed by atoms with van der Waals surface area (Å²) in [5, 5.41) is 11.8. The minimum absolute atomic E-state index is 0.0335. The average Bonchev–Trinajstić information content (AvgIpc) is 2.58. The van der Waals surface area contributed by atoms with Gasteiger partial charge in [0, 0.05) is 25.4 Å². The van der Waals surface area contributed by atoms with Gasteiger partial charge in [-0.3, -0.25) is 4.79 Å². The van der Waals surface area contributed by atoms with Crippen molar-refractivity contribution in [2.75, 3.05) is 6.61 Å². The summed E-state index contributed by atoms with van der Waals surface area (Å²) in [5.74, 6) is -1.63. The van der Waals surface area contributed by atoms with Crippen LogP contribution in [-0.2, 0) is 9.59 Å². The summed E-state index contributed by atoms with van der Waals surface area (Å²) in [7, 11) is 0. The predicted octanol–water partition coefficient (Wildman–Crippen LogP) is 2.39. The van der Waals surface area contributed by atoms with Gasteiger partial charge in [-0.15, -0.1) is 0 Å². The van der Waals surface area contributed by atoms with E-state index >= 15 is 0 Å². The molecule has 2 heterocycles. The van der Waals surface area contributed by atoms with Gasteiger partial charge in [0.1, 0.15) is 6.17 Å². The molecule has 1 aliphatic rings. The van der Waals surface area contributed by atoms with Gasteiger partial charge in [-0.2, -0.15) is 13.2 Å². The van der Waals surface area contributed by atoms with Gasteiger partial charge in [0.25, 0.3) is 0 Å². The van der Waals surface area contributed by atoms with E-state index in [2.05, 4.69) is 15.0 Å². The molecule has 0 bridgehead atoms. The first-order valence-electron chi connectivity index (χ1n) is 7.90. The van der Waals surface area contributed by atoms with Crippen molar-refractivity contribution in [1.29, 1.82) is 0 Å². The summed E-state index contributed by atoms with van der Waals surface area (Å²) in [6.07, 6.45) is 0.537. The molecule has 2 atom stereocenters. The lowest BCUT2D eigenvalue weighted by Crippen LogP contribution is -2.46. The molecule has 0 aromatic carbocycles. The Hall–Kier alpha value is -3.04. The zero-order valence-electron chi connectivity index (χ0n) is 14.5. The van der Waals surface area contributed by atoms with Crippen molar-refractivity contribution < 1.29 is 32.6 Å². The standard InChI is InChI=1S/C17H18F3N3O4/c1-10(13-3-4-15(21-8-13)27-9-17(18,19)20)23-6-5-12(16(25)26)7-14(23)22-11(2)24/h3-8,10,14H,9H2,1-2H3,(H,22,24)(H,25,26). The SMILES string of the molecule is CC(=O)NC1C=C(C(=O)O)C=CN1C(C)c1ccc(OCC(F)(F)F)nc1. The van der Waals surface area contributed by atoms with Gasteiger partial charge >= 0.3 is 12.1 Å². The Morgan fingerprint density at radius 1 is 1.41 bits per heavy atom. The number of aliphatic carboxylic acids is 1. The molecule has 2 rings (SSSR count). The van der Waals surface area contributed by atoms with E-state index in [1.807, 2.05) is 0 Å². The number of amides is 1. The second-order valence-corrected chi connectivity index (χ2v) is 5.85. The van der Waals surface area contributed by atoms with E-state index in [0.717, 1.165) is 0 Å². The van der Waals surface area contributed by atoms with Gasteiger partial charge in [0.05, 0.1) is 11.6 Å².